The van der Waals surface area contributed by atoms with Crippen molar-refractivity contribution in [3.8, 4) is 22.9 Å². The maximum Gasteiger partial charge on any atom is 0.239 e. The van der Waals surface area contributed by atoms with Gasteiger partial charge in [-0.05, 0) is 35.7 Å². The van der Waals surface area contributed by atoms with Gasteiger partial charge in [0, 0.05) is 51.3 Å². The zero-order valence-corrected chi connectivity index (χ0v) is 18.4. The van der Waals surface area contributed by atoms with E-state index < -0.39 is 0 Å². The van der Waals surface area contributed by atoms with Gasteiger partial charge in [-0.25, -0.2) is 0 Å². The molecule has 0 saturated heterocycles. The fraction of sp³-hybridized carbons (Fsp3) is 0.200. The average molecular weight is 428 g/mol. The van der Waals surface area contributed by atoms with Gasteiger partial charge in [0.2, 0.25) is 11.8 Å². The molecule has 2 aromatic carbocycles. The van der Waals surface area contributed by atoms with E-state index in [1.807, 2.05) is 54.5 Å². The Morgan fingerprint density at radius 2 is 1.69 bits per heavy atom. The summed E-state index contributed by atoms with van der Waals surface area (Å²) >= 11 is 0. The number of hydrogen-bond donors (Lipinski definition) is 0. The summed E-state index contributed by atoms with van der Waals surface area (Å²) in [6.45, 7) is 2.79. The third-order valence-corrected chi connectivity index (χ3v) is 5.30. The lowest BCUT2D eigenvalue weighted by molar-refractivity contribution is -0.127. The summed E-state index contributed by atoms with van der Waals surface area (Å²) in [5.74, 6) is 1.78. The maximum atomic E-state index is 11.4. The number of carbonyl (C=O) groups excluding carboxylic acids is 1. The summed E-state index contributed by atoms with van der Waals surface area (Å²) in [5.41, 5.74) is 1.92. The van der Waals surface area contributed by atoms with Crippen LogP contribution in [0, 0.1) is 0 Å². The Hall–Kier alpha value is -4.00. The molecule has 0 aliphatic heterocycles. The van der Waals surface area contributed by atoms with Gasteiger partial charge in [-0.15, -0.1) is 0 Å². The fourth-order valence-corrected chi connectivity index (χ4v) is 3.20. The average Bonchev–Trinajstić information content (AvgIpc) is 2.82. The summed E-state index contributed by atoms with van der Waals surface area (Å²) in [5, 5.41) is 2.27. The molecular weight excluding hydrogens is 402 g/mol. The number of carbonyl (C=O) groups is 1. The Morgan fingerprint density at radius 3 is 2.44 bits per heavy atom. The molecule has 162 valence electrons. The monoisotopic (exact) mass is 427 g/mol. The van der Waals surface area contributed by atoms with Crippen molar-refractivity contribution in [3.63, 3.8) is 0 Å². The SMILES string of the molecule is CC(=O)N(C)CCN(C)c1cncc(Oc2ccc(-c3cc4ccccc4cn3)cc2)n1. The van der Waals surface area contributed by atoms with Gasteiger partial charge < -0.3 is 14.5 Å². The molecule has 2 heterocycles. The van der Waals surface area contributed by atoms with Gasteiger partial charge in [-0.1, -0.05) is 24.3 Å². The number of benzene rings is 2. The first kappa shape index (κ1) is 21.2. The van der Waals surface area contributed by atoms with Crippen molar-refractivity contribution in [3.05, 3.63) is 73.2 Å². The molecule has 0 aliphatic carbocycles. The van der Waals surface area contributed by atoms with Crippen LogP contribution in [0.25, 0.3) is 22.0 Å². The molecule has 0 saturated carbocycles. The Morgan fingerprint density at radius 1 is 0.938 bits per heavy atom. The van der Waals surface area contributed by atoms with Gasteiger partial charge in [0.25, 0.3) is 0 Å². The second-order valence-electron chi connectivity index (χ2n) is 7.62. The van der Waals surface area contributed by atoms with Crippen LogP contribution in [0.15, 0.2) is 73.2 Å². The molecule has 7 nitrogen and oxygen atoms in total. The van der Waals surface area contributed by atoms with Crippen molar-refractivity contribution >= 4 is 22.5 Å². The number of rotatable bonds is 7. The molecular formula is C25H25N5O2. The van der Waals surface area contributed by atoms with Gasteiger partial charge in [0.05, 0.1) is 18.1 Å². The van der Waals surface area contributed by atoms with Crippen LogP contribution in [-0.2, 0) is 4.79 Å². The lowest BCUT2D eigenvalue weighted by Crippen LogP contribution is -2.33. The Balaban J connectivity index is 1.44. The molecule has 0 bridgehead atoms. The Kier molecular flexibility index (Phi) is 6.26. The lowest BCUT2D eigenvalue weighted by atomic mass is 10.1. The van der Waals surface area contributed by atoms with Gasteiger partial charge >= 0.3 is 0 Å². The van der Waals surface area contributed by atoms with Crippen LogP contribution in [0.4, 0.5) is 5.82 Å². The van der Waals surface area contributed by atoms with Crippen LogP contribution < -0.4 is 9.64 Å². The molecule has 0 spiro atoms. The molecule has 0 unspecified atom stereocenters. The van der Waals surface area contributed by atoms with Gasteiger partial charge in [0.1, 0.15) is 5.75 Å². The number of aromatic nitrogens is 3. The van der Waals surface area contributed by atoms with Crippen molar-refractivity contribution in [2.45, 2.75) is 6.92 Å². The van der Waals surface area contributed by atoms with Crippen molar-refractivity contribution in [1.29, 1.82) is 0 Å². The highest BCUT2D eigenvalue weighted by atomic mass is 16.5. The first-order valence-corrected chi connectivity index (χ1v) is 10.4. The molecule has 4 rings (SSSR count). The number of nitrogens with zero attached hydrogens (tertiary/aromatic N) is 5. The summed E-state index contributed by atoms with van der Waals surface area (Å²) in [4.78, 5) is 28.3. The predicted molar refractivity (Wildman–Crippen MR) is 126 cm³/mol. The van der Waals surface area contributed by atoms with E-state index in [9.17, 15) is 4.79 Å². The van der Waals surface area contributed by atoms with Crippen molar-refractivity contribution < 1.29 is 9.53 Å². The third-order valence-electron chi connectivity index (χ3n) is 5.30. The zero-order chi connectivity index (χ0) is 22.5. The van der Waals surface area contributed by atoms with Crippen LogP contribution in [0.2, 0.25) is 0 Å². The quantitative estimate of drug-likeness (QED) is 0.435. The first-order valence-electron chi connectivity index (χ1n) is 10.4. The second kappa shape index (κ2) is 9.43. The van der Waals surface area contributed by atoms with E-state index in [1.165, 1.54) is 0 Å². The molecule has 0 atom stereocenters. The molecule has 4 aromatic rings. The minimum atomic E-state index is 0.0314. The number of ether oxygens (including phenoxy) is 1. The highest BCUT2D eigenvalue weighted by molar-refractivity contribution is 5.85. The van der Waals surface area contributed by atoms with E-state index in [1.54, 1.807) is 31.3 Å². The van der Waals surface area contributed by atoms with Crippen LogP contribution in [0.3, 0.4) is 0 Å². The highest BCUT2D eigenvalue weighted by Crippen LogP contribution is 2.26. The van der Waals surface area contributed by atoms with Gasteiger partial charge in [-0.3, -0.25) is 14.8 Å². The Labute approximate surface area is 187 Å². The zero-order valence-electron chi connectivity index (χ0n) is 18.4. The van der Waals surface area contributed by atoms with E-state index in [0.717, 1.165) is 22.0 Å². The summed E-state index contributed by atoms with van der Waals surface area (Å²) in [6, 6.07) is 18.0. The summed E-state index contributed by atoms with van der Waals surface area (Å²) < 4.78 is 5.91. The number of anilines is 1. The smallest absolute Gasteiger partial charge is 0.239 e. The van der Waals surface area contributed by atoms with Crippen molar-refractivity contribution in [2.24, 2.45) is 0 Å². The van der Waals surface area contributed by atoms with E-state index in [4.69, 9.17) is 4.74 Å². The Bertz CT molecular complexity index is 1230. The minimum absolute atomic E-state index is 0.0314. The summed E-state index contributed by atoms with van der Waals surface area (Å²) in [6.07, 6.45) is 5.15. The topological polar surface area (TPSA) is 71.5 Å². The van der Waals surface area contributed by atoms with E-state index in [-0.39, 0.29) is 5.91 Å². The molecule has 0 fully saturated rings. The molecule has 32 heavy (non-hydrogen) atoms. The van der Waals surface area contributed by atoms with Crippen LogP contribution in [0.5, 0.6) is 11.6 Å². The predicted octanol–water partition coefficient (Wildman–Crippen LogP) is 4.40. The number of pyridine rings is 1. The molecule has 2 aromatic heterocycles. The van der Waals surface area contributed by atoms with Crippen LogP contribution >= 0.6 is 0 Å². The molecule has 0 radical (unpaired) electrons. The second-order valence-corrected chi connectivity index (χ2v) is 7.62. The van der Waals surface area contributed by atoms with Gasteiger partial charge in [-0.2, -0.15) is 4.98 Å². The standard InChI is InChI=1S/C25H25N5O2/c1-18(31)29(2)12-13-30(3)24-16-26-17-25(28-24)32-22-10-8-19(9-11-22)23-14-20-6-4-5-7-21(20)15-27-23/h4-11,14-17H,12-13H2,1-3H3. The van der Waals surface area contributed by atoms with Crippen LogP contribution in [0.1, 0.15) is 6.92 Å². The normalized spacial score (nSPS) is 10.7. The number of hydrogen-bond acceptors (Lipinski definition) is 6. The molecule has 0 N–H and O–H groups in total. The fourth-order valence-electron chi connectivity index (χ4n) is 3.20. The van der Waals surface area contributed by atoms with Crippen LogP contribution in [-0.4, -0.2) is 52.9 Å². The highest BCUT2D eigenvalue weighted by Gasteiger charge is 2.09. The van der Waals surface area contributed by atoms with Crippen molar-refractivity contribution in [2.75, 3.05) is 32.1 Å². The molecule has 7 heteroatoms. The lowest BCUT2D eigenvalue weighted by Gasteiger charge is -2.22. The first-order chi connectivity index (χ1) is 15.5. The molecule has 0 aliphatic rings. The number of amides is 1. The van der Waals surface area contributed by atoms with Gasteiger partial charge in [0.15, 0.2) is 5.82 Å². The number of likely N-dealkylation sites (N-methyl/N-ethyl adjacent to an activating group) is 2. The minimum Gasteiger partial charge on any atom is -0.437 e. The van der Waals surface area contributed by atoms with E-state index >= 15 is 0 Å². The number of fused-ring (bicyclic) bond motifs is 1. The van der Waals surface area contributed by atoms with Crippen molar-refractivity contribution in [1.82, 2.24) is 19.9 Å². The largest absolute Gasteiger partial charge is 0.437 e. The van der Waals surface area contributed by atoms with E-state index in [2.05, 4.69) is 33.2 Å². The summed E-state index contributed by atoms with van der Waals surface area (Å²) in [7, 11) is 3.69. The maximum absolute atomic E-state index is 11.4. The third kappa shape index (κ3) is 5.00. The van der Waals surface area contributed by atoms with E-state index in [0.29, 0.717) is 30.5 Å². The molecule has 1 amide bonds.